The third-order valence-electron chi connectivity index (χ3n) is 1.50. The summed E-state index contributed by atoms with van der Waals surface area (Å²) in [5, 5.41) is 10.5. The quantitative estimate of drug-likeness (QED) is 0.761. The lowest BCUT2D eigenvalue weighted by atomic mass is 10.2. The number of ether oxygens (including phenoxy) is 1. The van der Waals surface area contributed by atoms with Crippen molar-refractivity contribution in [3.8, 4) is 5.75 Å². The van der Waals surface area contributed by atoms with E-state index in [4.69, 9.17) is 0 Å². The van der Waals surface area contributed by atoms with Crippen LogP contribution in [0, 0.1) is 0 Å². The molecular weight excluding hydrogens is 213 g/mol. The summed E-state index contributed by atoms with van der Waals surface area (Å²) < 4.78 is 39.7. The Kier molecular flexibility index (Phi) is 3.18. The molecule has 0 aliphatic carbocycles. The molecule has 1 aromatic carbocycles. The van der Waals surface area contributed by atoms with Crippen LogP contribution < -0.4 is 9.84 Å². The van der Waals surface area contributed by atoms with Crippen molar-refractivity contribution in [2.45, 2.75) is 6.18 Å². The fourth-order valence-corrected chi connectivity index (χ4v) is 0.921. The molecule has 0 N–H and O–H groups in total. The van der Waals surface area contributed by atoms with Crippen LogP contribution in [0.5, 0.6) is 5.75 Å². The van der Waals surface area contributed by atoms with Crippen molar-refractivity contribution in [1.82, 2.24) is 0 Å². The molecule has 15 heavy (non-hydrogen) atoms. The molecule has 0 atom stereocenters. The van der Waals surface area contributed by atoms with Crippen LogP contribution in [0.4, 0.5) is 13.2 Å². The molecule has 0 fully saturated rings. The Bertz CT molecular complexity index is 360. The second kappa shape index (κ2) is 4.20. The highest BCUT2D eigenvalue weighted by molar-refractivity contribution is 5.89. The van der Waals surface area contributed by atoms with Crippen LogP contribution in [0.1, 0.15) is 10.4 Å². The lowest BCUT2D eigenvalue weighted by molar-refractivity contribution is -0.255. The normalized spacial score (nSPS) is 11.1. The SMILES string of the molecule is O=C([O-])c1ccccc1OCC(F)(F)F. The van der Waals surface area contributed by atoms with Crippen LogP contribution in [-0.2, 0) is 0 Å². The van der Waals surface area contributed by atoms with Crippen molar-refractivity contribution in [2.24, 2.45) is 0 Å². The Morgan fingerprint density at radius 1 is 1.33 bits per heavy atom. The Morgan fingerprint density at radius 2 is 1.93 bits per heavy atom. The Balaban J connectivity index is 2.81. The zero-order valence-corrected chi connectivity index (χ0v) is 7.38. The summed E-state index contributed by atoms with van der Waals surface area (Å²) in [6.07, 6.45) is -4.50. The van der Waals surface area contributed by atoms with Crippen LogP contribution >= 0.6 is 0 Å². The zero-order valence-electron chi connectivity index (χ0n) is 7.38. The summed E-state index contributed by atoms with van der Waals surface area (Å²) >= 11 is 0. The minimum Gasteiger partial charge on any atom is -0.545 e. The van der Waals surface area contributed by atoms with E-state index in [9.17, 15) is 23.1 Å². The molecule has 0 aliphatic rings. The molecule has 3 nitrogen and oxygen atoms in total. The molecule has 0 spiro atoms. The summed E-state index contributed by atoms with van der Waals surface area (Å²) in [5.41, 5.74) is -0.401. The number of benzene rings is 1. The van der Waals surface area contributed by atoms with Crippen molar-refractivity contribution < 1.29 is 27.8 Å². The van der Waals surface area contributed by atoms with Gasteiger partial charge in [0.1, 0.15) is 5.75 Å². The van der Waals surface area contributed by atoms with Gasteiger partial charge in [0.15, 0.2) is 6.61 Å². The fourth-order valence-electron chi connectivity index (χ4n) is 0.921. The molecule has 0 unspecified atom stereocenters. The van der Waals surface area contributed by atoms with E-state index in [0.29, 0.717) is 0 Å². The van der Waals surface area contributed by atoms with E-state index in [1.54, 1.807) is 0 Å². The zero-order chi connectivity index (χ0) is 11.5. The summed E-state index contributed by atoms with van der Waals surface area (Å²) in [7, 11) is 0. The first-order valence-electron chi connectivity index (χ1n) is 3.90. The van der Waals surface area contributed by atoms with Gasteiger partial charge in [-0.25, -0.2) is 0 Å². The van der Waals surface area contributed by atoms with E-state index < -0.39 is 24.3 Å². The van der Waals surface area contributed by atoms with E-state index >= 15 is 0 Å². The molecule has 0 heterocycles. The summed E-state index contributed by atoms with van der Waals surface area (Å²) in [4.78, 5) is 10.5. The maximum Gasteiger partial charge on any atom is 0.422 e. The monoisotopic (exact) mass is 219 g/mol. The highest BCUT2D eigenvalue weighted by Gasteiger charge is 2.28. The van der Waals surface area contributed by atoms with Crippen LogP contribution in [0.2, 0.25) is 0 Å². The second-order valence-corrected chi connectivity index (χ2v) is 2.69. The average molecular weight is 219 g/mol. The molecule has 0 aliphatic heterocycles. The number of carboxylic acids is 1. The van der Waals surface area contributed by atoms with E-state index in [2.05, 4.69) is 4.74 Å². The van der Waals surface area contributed by atoms with Gasteiger partial charge in [0.2, 0.25) is 0 Å². The molecule has 82 valence electrons. The maximum atomic E-state index is 11.8. The minimum absolute atomic E-state index is 0.352. The highest BCUT2D eigenvalue weighted by Crippen LogP contribution is 2.21. The number of halogens is 3. The van der Waals surface area contributed by atoms with E-state index in [1.165, 1.54) is 12.1 Å². The van der Waals surface area contributed by atoms with Crippen LogP contribution in [0.15, 0.2) is 24.3 Å². The molecule has 0 saturated carbocycles. The van der Waals surface area contributed by atoms with Gasteiger partial charge in [0.25, 0.3) is 0 Å². The third kappa shape index (κ3) is 3.49. The Morgan fingerprint density at radius 3 is 2.47 bits per heavy atom. The number of hydrogen-bond donors (Lipinski definition) is 0. The van der Waals surface area contributed by atoms with Gasteiger partial charge < -0.3 is 14.6 Å². The molecular formula is C9H6F3O3-. The largest absolute Gasteiger partial charge is 0.545 e. The second-order valence-electron chi connectivity index (χ2n) is 2.69. The maximum absolute atomic E-state index is 11.8. The fraction of sp³-hybridized carbons (Fsp3) is 0.222. The van der Waals surface area contributed by atoms with Crippen molar-refractivity contribution in [2.75, 3.05) is 6.61 Å². The first-order chi connectivity index (χ1) is 6.90. The molecule has 0 aromatic heterocycles. The van der Waals surface area contributed by atoms with E-state index in [1.807, 2.05) is 0 Å². The number of carbonyl (C=O) groups is 1. The van der Waals surface area contributed by atoms with Gasteiger partial charge in [-0.15, -0.1) is 0 Å². The number of carboxylic acid groups (broad SMARTS) is 1. The standard InChI is InChI=1S/C9H7F3O3/c10-9(11,12)5-15-7-4-2-1-3-6(7)8(13)14/h1-4H,5H2,(H,13,14)/p-1. The van der Waals surface area contributed by atoms with E-state index in [-0.39, 0.29) is 5.75 Å². The summed E-state index contributed by atoms with van der Waals surface area (Å²) in [6, 6.07) is 4.99. The molecule has 1 rings (SSSR count). The molecule has 0 saturated heterocycles. The third-order valence-corrected chi connectivity index (χ3v) is 1.50. The van der Waals surface area contributed by atoms with Crippen molar-refractivity contribution in [3.63, 3.8) is 0 Å². The number of para-hydroxylation sites is 1. The lowest BCUT2D eigenvalue weighted by Crippen LogP contribution is -2.25. The number of rotatable bonds is 3. The van der Waals surface area contributed by atoms with Gasteiger partial charge in [0, 0.05) is 5.56 Å². The van der Waals surface area contributed by atoms with Crippen molar-refractivity contribution in [3.05, 3.63) is 29.8 Å². The molecule has 6 heteroatoms. The highest BCUT2D eigenvalue weighted by atomic mass is 19.4. The topological polar surface area (TPSA) is 49.4 Å². The Labute approximate surface area is 83.1 Å². The average Bonchev–Trinajstić information content (AvgIpc) is 2.14. The summed E-state index contributed by atoms with van der Waals surface area (Å²) in [6.45, 7) is -1.53. The Hall–Kier alpha value is -1.72. The van der Waals surface area contributed by atoms with Gasteiger partial charge >= 0.3 is 6.18 Å². The van der Waals surface area contributed by atoms with Crippen LogP contribution in [0.25, 0.3) is 0 Å². The van der Waals surface area contributed by atoms with Gasteiger partial charge in [-0.1, -0.05) is 12.1 Å². The van der Waals surface area contributed by atoms with Gasteiger partial charge in [-0.3, -0.25) is 0 Å². The van der Waals surface area contributed by atoms with Crippen LogP contribution in [-0.4, -0.2) is 18.8 Å². The number of hydrogen-bond acceptors (Lipinski definition) is 3. The van der Waals surface area contributed by atoms with Gasteiger partial charge in [-0.05, 0) is 12.1 Å². The lowest BCUT2D eigenvalue weighted by Gasteiger charge is -2.13. The number of alkyl halides is 3. The minimum atomic E-state index is -4.50. The molecule has 0 bridgehead atoms. The number of carbonyl (C=O) groups excluding carboxylic acids is 1. The molecule has 1 aromatic rings. The van der Waals surface area contributed by atoms with Gasteiger partial charge in [-0.2, -0.15) is 13.2 Å². The van der Waals surface area contributed by atoms with Crippen molar-refractivity contribution in [1.29, 1.82) is 0 Å². The predicted octanol–water partition coefficient (Wildman–Crippen LogP) is 0.991. The van der Waals surface area contributed by atoms with Gasteiger partial charge in [0.05, 0.1) is 5.97 Å². The van der Waals surface area contributed by atoms with E-state index in [0.717, 1.165) is 12.1 Å². The summed E-state index contributed by atoms with van der Waals surface area (Å²) in [5.74, 6) is -1.93. The van der Waals surface area contributed by atoms with Crippen LogP contribution in [0.3, 0.4) is 0 Å². The first-order valence-corrected chi connectivity index (χ1v) is 3.90. The van der Waals surface area contributed by atoms with Crippen molar-refractivity contribution >= 4 is 5.97 Å². The number of aromatic carboxylic acids is 1. The predicted molar refractivity (Wildman–Crippen MR) is 42.3 cm³/mol. The molecule has 0 amide bonds. The first kappa shape index (κ1) is 11.4. The smallest absolute Gasteiger partial charge is 0.422 e. The molecule has 0 radical (unpaired) electrons.